The number of nitrogens with one attached hydrogen (secondary N) is 2. The molecule has 0 spiro atoms. The first-order chi connectivity index (χ1) is 13.5. The van der Waals surface area contributed by atoms with E-state index in [0.29, 0.717) is 38.0 Å². The van der Waals surface area contributed by atoms with Crippen molar-refractivity contribution >= 4 is 17.7 Å². The van der Waals surface area contributed by atoms with E-state index in [2.05, 4.69) is 15.5 Å². The molecule has 150 valence electrons. The highest BCUT2D eigenvalue weighted by Crippen LogP contribution is 2.30. The van der Waals surface area contributed by atoms with Crippen molar-refractivity contribution in [3.05, 3.63) is 34.9 Å². The van der Waals surface area contributed by atoms with Crippen molar-refractivity contribution < 1.29 is 19.5 Å². The normalized spacial score (nSPS) is 27.9. The first-order valence-corrected chi connectivity index (χ1v) is 9.80. The number of hydrogen-bond acceptors (Lipinski definition) is 6. The summed E-state index contributed by atoms with van der Waals surface area (Å²) in [5, 5.41) is 15.9. The van der Waals surface area contributed by atoms with Crippen LogP contribution in [0, 0.1) is 0 Å². The van der Waals surface area contributed by atoms with Crippen LogP contribution < -0.4 is 10.6 Å². The van der Waals surface area contributed by atoms with Crippen LogP contribution in [-0.2, 0) is 22.7 Å². The molecule has 8 nitrogen and oxygen atoms in total. The molecule has 2 fully saturated rings. The molecule has 3 heterocycles. The number of amides is 3. The number of hydrogen-bond donors (Lipinski definition) is 3. The SMILES string of the molecule is CN(Cc1cccc2c1C(=O)N(C1CCC(=O)NC1=O)C2)C1CNCCC1O. The Hall–Kier alpha value is -2.29. The molecular weight excluding hydrogens is 360 g/mol. The van der Waals surface area contributed by atoms with Crippen molar-refractivity contribution in [2.45, 2.75) is 50.5 Å². The van der Waals surface area contributed by atoms with Crippen LogP contribution in [0.1, 0.15) is 40.7 Å². The zero-order valence-corrected chi connectivity index (χ0v) is 16.0. The average Bonchev–Trinajstić information content (AvgIpc) is 2.99. The van der Waals surface area contributed by atoms with Gasteiger partial charge in [-0.25, -0.2) is 0 Å². The lowest BCUT2D eigenvalue weighted by Crippen LogP contribution is -2.53. The number of fused-ring (bicyclic) bond motifs is 1. The zero-order chi connectivity index (χ0) is 19.8. The van der Waals surface area contributed by atoms with Crippen LogP contribution in [0.4, 0.5) is 0 Å². The molecule has 3 aliphatic heterocycles. The molecule has 4 rings (SSSR count). The summed E-state index contributed by atoms with van der Waals surface area (Å²) >= 11 is 0. The first kappa shape index (κ1) is 19.0. The van der Waals surface area contributed by atoms with E-state index >= 15 is 0 Å². The molecule has 1 aromatic carbocycles. The van der Waals surface area contributed by atoms with Gasteiger partial charge in [-0.3, -0.25) is 24.6 Å². The molecule has 0 aromatic heterocycles. The van der Waals surface area contributed by atoms with Crippen molar-refractivity contribution in [1.82, 2.24) is 20.4 Å². The Morgan fingerprint density at radius 1 is 1.25 bits per heavy atom. The van der Waals surface area contributed by atoms with Crippen molar-refractivity contribution in [2.24, 2.45) is 0 Å². The minimum absolute atomic E-state index is 0.00708. The molecule has 0 bridgehead atoms. The molecule has 3 N–H and O–H groups in total. The van der Waals surface area contributed by atoms with E-state index in [1.807, 2.05) is 25.2 Å². The minimum atomic E-state index is -0.604. The maximum Gasteiger partial charge on any atom is 0.255 e. The van der Waals surface area contributed by atoms with Crippen LogP contribution in [0.2, 0.25) is 0 Å². The zero-order valence-electron chi connectivity index (χ0n) is 16.0. The third-order valence-electron chi connectivity index (χ3n) is 6.04. The predicted molar refractivity (Wildman–Crippen MR) is 101 cm³/mol. The standard InChI is InChI=1S/C20H26N4O4/c1-23(15-9-21-8-7-16(15)25)10-12-3-2-4-13-11-24(20(28)18(12)13)14-5-6-17(26)22-19(14)27/h2-4,14-16,21,25H,5-11H2,1H3,(H,22,26,27). The number of rotatable bonds is 4. The highest BCUT2D eigenvalue weighted by molar-refractivity contribution is 6.05. The molecule has 0 aliphatic carbocycles. The Kier molecular flexibility index (Phi) is 5.18. The number of imide groups is 1. The number of nitrogens with zero attached hydrogens (tertiary/aromatic N) is 2. The van der Waals surface area contributed by atoms with Crippen LogP contribution in [0.25, 0.3) is 0 Å². The third kappa shape index (κ3) is 3.43. The molecule has 1 aromatic rings. The quantitative estimate of drug-likeness (QED) is 0.609. The van der Waals surface area contributed by atoms with Gasteiger partial charge in [0.05, 0.1) is 6.10 Å². The van der Waals surface area contributed by atoms with E-state index in [4.69, 9.17) is 0 Å². The first-order valence-electron chi connectivity index (χ1n) is 9.80. The summed E-state index contributed by atoms with van der Waals surface area (Å²) in [6.45, 7) is 2.45. The van der Waals surface area contributed by atoms with Gasteiger partial charge in [-0.15, -0.1) is 0 Å². The Morgan fingerprint density at radius 2 is 2.07 bits per heavy atom. The van der Waals surface area contributed by atoms with Gasteiger partial charge in [-0.1, -0.05) is 18.2 Å². The third-order valence-corrected chi connectivity index (χ3v) is 6.04. The average molecular weight is 386 g/mol. The van der Waals surface area contributed by atoms with E-state index in [1.165, 1.54) is 0 Å². The Balaban J connectivity index is 1.53. The molecule has 28 heavy (non-hydrogen) atoms. The lowest BCUT2D eigenvalue weighted by molar-refractivity contribution is -0.136. The number of piperidine rings is 2. The molecule has 3 unspecified atom stereocenters. The Bertz CT molecular complexity index is 811. The molecule has 0 radical (unpaired) electrons. The van der Waals surface area contributed by atoms with Crippen LogP contribution in [-0.4, -0.2) is 71.0 Å². The van der Waals surface area contributed by atoms with Gasteiger partial charge in [-0.2, -0.15) is 0 Å². The highest BCUT2D eigenvalue weighted by Gasteiger charge is 2.40. The van der Waals surface area contributed by atoms with E-state index in [9.17, 15) is 19.5 Å². The van der Waals surface area contributed by atoms with Gasteiger partial charge in [0, 0.05) is 37.7 Å². The van der Waals surface area contributed by atoms with Gasteiger partial charge in [0.25, 0.3) is 5.91 Å². The smallest absolute Gasteiger partial charge is 0.255 e. The van der Waals surface area contributed by atoms with Crippen LogP contribution >= 0.6 is 0 Å². The summed E-state index contributed by atoms with van der Waals surface area (Å²) in [5.41, 5.74) is 2.46. The summed E-state index contributed by atoms with van der Waals surface area (Å²) in [6, 6.07) is 5.17. The maximum atomic E-state index is 13.1. The summed E-state index contributed by atoms with van der Waals surface area (Å²) < 4.78 is 0. The number of likely N-dealkylation sites (N-methyl/N-ethyl adjacent to an activating group) is 1. The lowest BCUT2D eigenvalue weighted by Gasteiger charge is -2.36. The molecule has 3 amide bonds. The van der Waals surface area contributed by atoms with Crippen LogP contribution in [0.15, 0.2) is 18.2 Å². The van der Waals surface area contributed by atoms with E-state index < -0.39 is 18.1 Å². The van der Waals surface area contributed by atoms with Gasteiger partial charge in [0.1, 0.15) is 6.04 Å². The Labute approximate surface area is 163 Å². The molecule has 8 heteroatoms. The fourth-order valence-electron chi connectivity index (χ4n) is 4.49. The maximum absolute atomic E-state index is 13.1. The number of benzene rings is 1. The second-order valence-corrected chi connectivity index (χ2v) is 7.89. The van der Waals surface area contributed by atoms with E-state index in [-0.39, 0.29) is 24.3 Å². The van der Waals surface area contributed by atoms with Crippen LogP contribution in [0.5, 0.6) is 0 Å². The van der Waals surface area contributed by atoms with Crippen molar-refractivity contribution in [3.8, 4) is 0 Å². The lowest BCUT2D eigenvalue weighted by atomic mass is 9.99. The van der Waals surface area contributed by atoms with E-state index in [0.717, 1.165) is 17.7 Å². The van der Waals surface area contributed by atoms with Gasteiger partial charge >= 0.3 is 0 Å². The number of aliphatic hydroxyl groups is 1. The molecular formula is C20H26N4O4. The summed E-state index contributed by atoms with van der Waals surface area (Å²) in [7, 11) is 1.96. The van der Waals surface area contributed by atoms with Crippen LogP contribution in [0.3, 0.4) is 0 Å². The summed E-state index contributed by atoms with van der Waals surface area (Å²) in [6.07, 6.45) is 0.932. The van der Waals surface area contributed by atoms with Crippen molar-refractivity contribution in [2.75, 3.05) is 20.1 Å². The Morgan fingerprint density at radius 3 is 2.82 bits per heavy atom. The molecule has 3 atom stereocenters. The summed E-state index contributed by atoms with van der Waals surface area (Å²) in [5.74, 6) is -0.837. The second kappa shape index (κ2) is 7.62. The monoisotopic (exact) mass is 386 g/mol. The minimum Gasteiger partial charge on any atom is -0.391 e. The van der Waals surface area contributed by atoms with Crippen molar-refractivity contribution in [1.29, 1.82) is 0 Å². The predicted octanol–water partition coefficient (Wildman–Crippen LogP) is -0.398. The number of aliphatic hydroxyl groups excluding tert-OH is 1. The fraction of sp³-hybridized carbons (Fsp3) is 0.550. The highest BCUT2D eigenvalue weighted by atomic mass is 16.3. The van der Waals surface area contributed by atoms with Gasteiger partial charge in [0.2, 0.25) is 11.8 Å². The molecule has 2 saturated heterocycles. The molecule has 0 saturated carbocycles. The topological polar surface area (TPSA) is 102 Å². The number of carbonyl (C=O) groups is 3. The van der Waals surface area contributed by atoms with Gasteiger partial charge in [-0.05, 0) is 37.6 Å². The van der Waals surface area contributed by atoms with E-state index in [1.54, 1.807) is 4.90 Å². The fourth-order valence-corrected chi connectivity index (χ4v) is 4.49. The van der Waals surface area contributed by atoms with Gasteiger partial charge in [0.15, 0.2) is 0 Å². The van der Waals surface area contributed by atoms with Gasteiger partial charge < -0.3 is 15.3 Å². The largest absolute Gasteiger partial charge is 0.391 e. The van der Waals surface area contributed by atoms with Crippen molar-refractivity contribution in [3.63, 3.8) is 0 Å². The second-order valence-electron chi connectivity index (χ2n) is 7.89. The molecule has 3 aliphatic rings. The summed E-state index contributed by atoms with van der Waals surface area (Å²) in [4.78, 5) is 40.4. The number of carbonyl (C=O) groups excluding carboxylic acids is 3.